The van der Waals surface area contributed by atoms with Gasteiger partial charge in [0.1, 0.15) is 6.23 Å². The summed E-state index contributed by atoms with van der Waals surface area (Å²) >= 11 is 1.83. The zero-order valence-electron chi connectivity index (χ0n) is 6.92. The van der Waals surface area contributed by atoms with Gasteiger partial charge in [0.2, 0.25) is 0 Å². The fourth-order valence-electron chi connectivity index (χ4n) is 0.754. The van der Waals surface area contributed by atoms with Crippen LogP contribution in [0.4, 0.5) is 0 Å². The second-order valence-corrected chi connectivity index (χ2v) is 3.67. The molecule has 0 amide bonds. The maximum Gasteiger partial charge on any atom is 0.102 e. The number of rotatable bonds is 5. The van der Waals surface area contributed by atoms with Gasteiger partial charge in [0.15, 0.2) is 0 Å². The molecule has 0 aliphatic heterocycles. The van der Waals surface area contributed by atoms with Gasteiger partial charge < -0.3 is 5.11 Å². The van der Waals surface area contributed by atoms with E-state index in [4.69, 9.17) is 5.11 Å². The summed E-state index contributed by atoms with van der Waals surface area (Å²) in [6.45, 7) is 5.98. The van der Waals surface area contributed by atoms with Crippen LogP contribution < -0.4 is 5.32 Å². The Hall–Kier alpha value is 0.270. The van der Waals surface area contributed by atoms with E-state index in [9.17, 15) is 0 Å². The summed E-state index contributed by atoms with van der Waals surface area (Å²) in [5, 5.41) is 12.4. The number of nitrogens with one attached hydrogen (secondary N) is 1. The van der Waals surface area contributed by atoms with Gasteiger partial charge in [-0.1, -0.05) is 13.8 Å². The maximum absolute atomic E-state index is 8.96. The van der Waals surface area contributed by atoms with Crippen molar-refractivity contribution in [2.45, 2.75) is 38.8 Å². The predicted molar refractivity (Wildman–Crippen MR) is 47.0 cm³/mol. The molecule has 10 heavy (non-hydrogen) atoms. The van der Waals surface area contributed by atoms with E-state index in [0.717, 1.165) is 12.2 Å². The smallest absolute Gasteiger partial charge is 0.102 e. The molecule has 0 fully saturated rings. The Morgan fingerprint density at radius 1 is 1.50 bits per heavy atom. The molecule has 0 aromatic carbocycles. The SMILES string of the molecule is CCSC(CC)NC(C)O. The zero-order valence-corrected chi connectivity index (χ0v) is 7.74. The van der Waals surface area contributed by atoms with Gasteiger partial charge in [-0.2, -0.15) is 0 Å². The molecule has 0 saturated carbocycles. The van der Waals surface area contributed by atoms with E-state index in [1.807, 2.05) is 11.8 Å². The molecule has 3 heteroatoms. The van der Waals surface area contributed by atoms with Crippen LogP contribution >= 0.6 is 11.8 Å². The highest BCUT2D eigenvalue weighted by Crippen LogP contribution is 2.10. The van der Waals surface area contributed by atoms with Crippen LogP contribution in [0.5, 0.6) is 0 Å². The number of aliphatic hydroxyl groups excluding tert-OH is 1. The monoisotopic (exact) mass is 163 g/mol. The molecule has 0 spiro atoms. The van der Waals surface area contributed by atoms with Gasteiger partial charge in [0, 0.05) is 0 Å². The molecule has 0 saturated heterocycles. The molecule has 2 unspecified atom stereocenters. The summed E-state index contributed by atoms with van der Waals surface area (Å²) < 4.78 is 0. The Bertz CT molecular complexity index is 78.0. The minimum atomic E-state index is -0.385. The van der Waals surface area contributed by atoms with Gasteiger partial charge in [0.25, 0.3) is 0 Å². The van der Waals surface area contributed by atoms with Crippen LogP contribution in [0.1, 0.15) is 27.2 Å². The lowest BCUT2D eigenvalue weighted by molar-refractivity contribution is 0.152. The molecule has 0 bridgehead atoms. The third-order valence-electron chi connectivity index (χ3n) is 1.17. The fourth-order valence-corrected chi connectivity index (χ4v) is 1.69. The van der Waals surface area contributed by atoms with E-state index in [0.29, 0.717) is 5.37 Å². The molecule has 0 aliphatic rings. The summed E-state index contributed by atoms with van der Waals surface area (Å²) in [6.07, 6.45) is 0.674. The minimum Gasteiger partial charge on any atom is -0.379 e. The lowest BCUT2D eigenvalue weighted by Gasteiger charge is -2.17. The molecule has 0 aliphatic carbocycles. The average molecular weight is 163 g/mol. The first-order chi connectivity index (χ1) is 4.70. The van der Waals surface area contributed by atoms with Crippen molar-refractivity contribution in [3.05, 3.63) is 0 Å². The Morgan fingerprint density at radius 3 is 2.40 bits per heavy atom. The molecule has 0 aromatic rings. The van der Waals surface area contributed by atoms with Crippen molar-refractivity contribution in [2.24, 2.45) is 0 Å². The van der Waals surface area contributed by atoms with Crippen LogP contribution in [0, 0.1) is 0 Å². The molecule has 0 heterocycles. The molecule has 0 radical (unpaired) electrons. The first kappa shape index (κ1) is 10.3. The summed E-state index contributed by atoms with van der Waals surface area (Å²) in [4.78, 5) is 0. The van der Waals surface area contributed by atoms with Gasteiger partial charge in [0.05, 0.1) is 5.37 Å². The molecule has 0 aromatic heterocycles. The molecule has 2 N–H and O–H groups in total. The Balaban J connectivity index is 3.39. The average Bonchev–Trinajstić information content (AvgIpc) is 1.86. The Morgan fingerprint density at radius 2 is 2.10 bits per heavy atom. The van der Waals surface area contributed by atoms with E-state index in [1.54, 1.807) is 6.92 Å². The van der Waals surface area contributed by atoms with Crippen molar-refractivity contribution < 1.29 is 5.11 Å². The first-order valence-electron chi connectivity index (χ1n) is 3.76. The highest BCUT2D eigenvalue weighted by atomic mass is 32.2. The second-order valence-electron chi connectivity index (χ2n) is 2.19. The van der Waals surface area contributed by atoms with Crippen molar-refractivity contribution in [2.75, 3.05) is 5.75 Å². The van der Waals surface area contributed by atoms with E-state index in [-0.39, 0.29) is 6.23 Å². The van der Waals surface area contributed by atoms with Crippen molar-refractivity contribution in [3.8, 4) is 0 Å². The van der Waals surface area contributed by atoms with Crippen LogP contribution in [0.15, 0.2) is 0 Å². The van der Waals surface area contributed by atoms with Gasteiger partial charge in [-0.15, -0.1) is 11.8 Å². The van der Waals surface area contributed by atoms with E-state index in [2.05, 4.69) is 19.2 Å². The number of hydrogen-bond acceptors (Lipinski definition) is 3. The quantitative estimate of drug-likeness (QED) is 0.601. The van der Waals surface area contributed by atoms with Crippen molar-refractivity contribution in [1.82, 2.24) is 5.32 Å². The third kappa shape index (κ3) is 5.09. The van der Waals surface area contributed by atoms with Crippen LogP contribution in [0.25, 0.3) is 0 Å². The Kier molecular flexibility index (Phi) is 6.17. The van der Waals surface area contributed by atoms with Crippen LogP contribution in [0.2, 0.25) is 0 Å². The zero-order chi connectivity index (χ0) is 7.98. The minimum absolute atomic E-state index is 0.385. The van der Waals surface area contributed by atoms with Crippen molar-refractivity contribution >= 4 is 11.8 Å². The van der Waals surface area contributed by atoms with Gasteiger partial charge in [-0.25, -0.2) is 0 Å². The molecular weight excluding hydrogens is 146 g/mol. The standard InChI is InChI=1S/C7H17NOS/c1-4-7(10-5-2)8-6(3)9/h6-9H,4-5H2,1-3H3. The number of aliphatic hydroxyl groups is 1. The lowest BCUT2D eigenvalue weighted by atomic mass is 10.4. The fraction of sp³-hybridized carbons (Fsp3) is 1.00. The number of hydrogen-bond donors (Lipinski definition) is 2. The Labute approximate surface area is 67.4 Å². The molecule has 2 nitrogen and oxygen atoms in total. The summed E-state index contributed by atoms with van der Waals surface area (Å²) in [6, 6.07) is 0. The lowest BCUT2D eigenvalue weighted by Crippen LogP contribution is -2.33. The highest BCUT2D eigenvalue weighted by Gasteiger charge is 2.05. The normalized spacial score (nSPS) is 16.8. The summed E-state index contributed by atoms with van der Waals surface area (Å²) in [5.74, 6) is 1.10. The van der Waals surface area contributed by atoms with E-state index in [1.165, 1.54) is 0 Å². The molecule has 62 valence electrons. The van der Waals surface area contributed by atoms with Crippen molar-refractivity contribution in [1.29, 1.82) is 0 Å². The topological polar surface area (TPSA) is 32.3 Å². The van der Waals surface area contributed by atoms with Gasteiger partial charge in [-0.3, -0.25) is 5.32 Å². The predicted octanol–water partition coefficient (Wildman–Crippen LogP) is 1.40. The number of thioether (sulfide) groups is 1. The summed E-state index contributed by atoms with van der Waals surface area (Å²) in [5.41, 5.74) is 0. The van der Waals surface area contributed by atoms with Crippen LogP contribution in [-0.2, 0) is 0 Å². The molecule has 2 atom stereocenters. The summed E-state index contributed by atoms with van der Waals surface area (Å²) in [7, 11) is 0. The van der Waals surface area contributed by atoms with Gasteiger partial charge in [-0.05, 0) is 19.1 Å². The third-order valence-corrected chi connectivity index (χ3v) is 2.37. The van der Waals surface area contributed by atoms with E-state index >= 15 is 0 Å². The maximum atomic E-state index is 8.96. The highest BCUT2D eigenvalue weighted by molar-refractivity contribution is 7.99. The molecular formula is C7H17NOS. The van der Waals surface area contributed by atoms with Crippen molar-refractivity contribution in [3.63, 3.8) is 0 Å². The van der Waals surface area contributed by atoms with E-state index < -0.39 is 0 Å². The van der Waals surface area contributed by atoms with Gasteiger partial charge >= 0.3 is 0 Å². The van der Waals surface area contributed by atoms with Crippen LogP contribution in [-0.4, -0.2) is 22.5 Å². The first-order valence-corrected chi connectivity index (χ1v) is 4.81. The second kappa shape index (κ2) is 6.01. The molecule has 0 rings (SSSR count). The largest absolute Gasteiger partial charge is 0.379 e. The van der Waals surface area contributed by atoms with Crippen LogP contribution in [0.3, 0.4) is 0 Å².